The highest BCUT2D eigenvalue weighted by molar-refractivity contribution is 5.94. The number of carbonyl (C=O) groups is 2. The first kappa shape index (κ1) is 18.8. The zero-order valence-electron chi connectivity index (χ0n) is 15.5. The number of benzene rings is 1. The molecule has 0 saturated carbocycles. The number of hydrogen-bond donors (Lipinski definition) is 0. The predicted octanol–water partition coefficient (Wildman–Crippen LogP) is 0.984. The fraction of sp³-hybridized carbons (Fsp3) is 0.444. The third kappa shape index (κ3) is 4.25. The quantitative estimate of drug-likeness (QED) is 0.712. The Balaban J connectivity index is 1.65. The van der Waals surface area contributed by atoms with Crippen LogP contribution in [0.5, 0.6) is 5.75 Å². The molecule has 2 amide bonds. The van der Waals surface area contributed by atoms with Gasteiger partial charge in [0, 0.05) is 13.7 Å². The summed E-state index contributed by atoms with van der Waals surface area (Å²) >= 11 is 0. The summed E-state index contributed by atoms with van der Waals surface area (Å²) in [5.41, 5.74) is 0.929. The third-order valence-electron chi connectivity index (χ3n) is 4.40. The van der Waals surface area contributed by atoms with E-state index in [-0.39, 0.29) is 37.4 Å². The van der Waals surface area contributed by atoms with Crippen LogP contribution in [0.3, 0.4) is 0 Å². The monoisotopic (exact) mass is 374 g/mol. The lowest BCUT2D eigenvalue weighted by Crippen LogP contribution is -2.58. The molecule has 144 valence electrons. The van der Waals surface area contributed by atoms with Gasteiger partial charge in [0.2, 0.25) is 17.7 Å². The summed E-state index contributed by atoms with van der Waals surface area (Å²) in [7, 11) is 3.13. The summed E-state index contributed by atoms with van der Waals surface area (Å²) < 4.78 is 15.2. The zero-order valence-corrected chi connectivity index (χ0v) is 15.5. The van der Waals surface area contributed by atoms with E-state index in [9.17, 15) is 9.59 Å². The van der Waals surface area contributed by atoms with Gasteiger partial charge in [0.1, 0.15) is 31.5 Å². The molecule has 1 aromatic carbocycles. The van der Waals surface area contributed by atoms with Crippen LogP contribution in [0.25, 0.3) is 0 Å². The SMILES string of the molecule is COCc1noc(CN2C(=O)CN(Cc3ccc(OC)cc3)C(=O)[C@@H]2C)n1. The highest BCUT2D eigenvalue weighted by atomic mass is 16.5. The Kier molecular flexibility index (Phi) is 5.70. The number of hydrogen-bond acceptors (Lipinski definition) is 7. The van der Waals surface area contributed by atoms with Crippen molar-refractivity contribution >= 4 is 11.8 Å². The minimum absolute atomic E-state index is 0.00820. The molecule has 2 aromatic rings. The molecule has 0 N–H and O–H groups in total. The molecule has 0 spiro atoms. The van der Waals surface area contributed by atoms with Crippen molar-refractivity contribution in [1.29, 1.82) is 0 Å². The Morgan fingerprint density at radius 3 is 2.59 bits per heavy atom. The van der Waals surface area contributed by atoms with E-state index in [1.54, 1.807) is 18.9 Å². The molecule has 0 bridgehead atoms. The van der Waals surface area contributed by atoms with E-state index in [0.717, 1.165) is 11.3 Å². The van der Waals surface area contributed by atoms with Crippen molar-refractivity contribution in [3.63, 3.8) is 0 Å². The number of nitrogens with zero attached hydrogens (tertiary/aromatic N) is 4. The van der Waals surface area contributed by atoms with Gasteiger partial charge in [0.25, 0.3) is 0 Å². The number of aromatic nitrogens is 2. The van der Waals surface area contributed by atoms with Crippen molar-refractivity contribution in [2.24, 2.45) is 0 Å². The summed E-state index contributed by atoms with van der Waals surface area (Å²) in [6.07, 6.45) is 0. The maximum Gasteiger partial charge on any atom is 0.246 e. The first-order chi connectivity index (χ1) is 13.0. The van der Waals surface area contributed by atoms with Gasteiger partial charge in [0.05, 0.1) is 7.11 Å². The number of carbonyl (C=O) groups excluding carboxylic acids is 2. The minimum Gasteiger partial charge on any atom is -0.497 e. The fourth-order valence-electron chi connectivity index (χ4n) is 2.94. The van der Waals surface area contributed by atoms with Gasteiger partial charge < -0.3 is 23.8 Å². The number of rotatable bonds is 7. The van der Waals surface area contributed by atoms with E-state index < -0.39 is 6.04 Å². The number of ether oxygens (including phenoxy) is 2. The van der Waals surface area contributed by atoms with Crippen molar-refractivity contribution < 1.29 is 23.6 Å². The van der Waals surface area contributed by atoms with E-state index in [1.807, 2.05) is 24.3 Å². The summed E-state index contributed by atoms with van der Waals surface area (Å²) in [5.74, 6) is 1.13. The summed E-state index contributed by atoms with van der Waals surface area (Å²) in [5, 5.41) is 3.77. The molecule has 9 heteroatoms. The standard InChI is InChI=1S/C18H22N4O5/c1-12-18(24)21(8-13-4-6-14(26-3)7-5-13)10-17(23)22(12)9-16-19-15(11-25-2)20-27-16/h4-7,12H,8-11H2,1-3H3/t12-/m0/s1. The predicted molar refractivity (Wildman–Crippen MR) is 93.4 cm³/mol. The molecule has 27 heavy (non-hydrogen) atoms. The largest absolute Gasteiger partial charge is 0.497 e. The normalized spacial score (nSPS) is 17.5. The zero-order chi connectivity index (χ0) is 19.4. The van der Waals surface area contributed by atoms with Crippen LogP contribution in [0.1, 0.15) is 24.2 Å². The van der Waals surface area contributed by atoms with E-state index in [4.69, 9.17) is 14.0 Å². The smallest absolute Gasteiger partial charge is 0.246 e. The topological polar surface area (TPSA) is 98.0 Å². The van der Waals surface area contributed by atoms with Crippen LogP contribution in [-0.4, -0.2) is 58.6 Å². The molecule has 2 heterocycles. The molecule has 0 aliphatic carbocycles. The molecule has 1 fully saturated rings. The average molecular weight is 374 g/mol. The van der Waals surface area contributed by atoms with E-state index in [0.29, 0.717) is 12.4 Å². The van der Waals surface area contributed by atoms with Gasteiger partial charge in [0.15, 0.2) is 5.82 Å². The number of methoxy groups -OCH3 is 2. The lowest BCUT2D eigenvalue weighted by molar-refractivity contribution is -0.156. The molecular weight excluding hydrogens is 352 g/mol. The van der Waals surface area contributed by atoms with E-state index in [1.165, 1.54) is 12.0 Å². The Labute approximate surface area is 156 Å². The highest BCUT2D eigenvalue weighted by Crippen LogP contribution is 2.19. The lowest BCUT2D eigenvalue weighted by atomic mass is 10.1. The van der Waals surface area contributed by atoms with E-state index >= 15 is 0 Å². The van der Waals surface area contributed by atoms with E-state index in [2.05, 4.69) is 10.1 Å². The van der Waals surface area contributed by atoms with Crippen LogP contribution in [0.15, 0.2) is 28.8 Å². The molecule has 1 aliphatic heterocycles. The third-order valence-corrected chi connectivity index (χ3v) is 4.40. The van der Waals surface area contributed by atoms with Crippen LogP contribution in [0.2, 0.25) is 0 Å². The van der Waals surface area contributed by atoms with Crippen molar-refractivity contribution in [2.75, 3.05) is 20.8 Å². The molecule has 0 unspecified atom stereocenters. The molecule has 0 radical (unpaired) electrons. The first-order valence-corrected chi connectivity index (χ1v) is 8.53. The second-order valence-corrected chi connectivity index (χ2v) is 6.28. The van der Waals surface area contributed by atoms with Gasteiger partial charge in [-0.05, 0) is 24.6 Å². The minimum atomic E-state index is -0.609. The summed E-state index contributed by atoms with van der Waals surface area (Å²) in [6.45, 7) is 2.40. The maximum absolute atomic E-state index is 12.7. The van der Waals surface area contributed by atoms with Crippen molar-refractivity contribution in [3.05, 3.63) is 41.5 Å². The molecule has 3 rings (SSSR count). The Hall–Kier alpha value is -2.94. The van der Waals surface area contributed by atoms with Crippen LogP contribution < -0.4 is 4.74 Å². The van der Waals surface area contributed by atoms with Crippen molar-refractivity contribution in [2.45, 2.75) is 32.7 Å². The average Bonchev–Trinajstić information content (AvgIpc) is 3.11. The molecule has 1 aliphatic rings. The maximum atomic E-state index is 12.7. The Morgan fingerprint density at radius 2 is 1.93 bits per heavy atom. The van der Waals surface area contributed by atoms with Gasteiger partial charge in [-0.15, -0.1) is 0 Å². The van der Waals surface area contributed by atoms with Gasteiger partial charge >= 0.3 is 0 Å². The molecule has 9 nitrogen and oxygen atoms in total. The molecule has 1 atom stereocenters. The fourth-order valence-corrected chi connectivity index (χ4v) is 2.94. The van der Waals surface area contributed by atoms with Crippen molar-refractivity contribution in [3.8, 4) is 5.75 Å². The van der Waals surface area contributed by atoms with Crippen LogP contribution in [0.4, 0.5) is 0 Å². The Morgan fingerprint density at radius 1 is 1.19 bits per heavy atom. The van der Waals surface area contributed by atoms with Crippen LogP contribution in [0, 0.1) is 0 Å². The van der Waals surface area contributed by atoms with Gasteiger partial charge in [-0.1, -0.05) is 17.3 Å². The second-order valence-electron chi connectivity index (χ2n) is 6.28. The van der Waals surface area contributed by atoms with Gasteiger partial charge in [-0.3, -0.25) is 9.59 Å². The first-order valence-electron chi connectivity index (χ1n) is 8.53. The highest BCUT2D eigenvalue weighted by Gasteiger charge is 2.37. The van der Waals surface area contributed by atoms with Crippen LogP contribution in [-0.2, 0) is 34.0 Å². The van der Waals surface area contributed by atoms with Gasteiger partial charge in [-0.2, -0.15) is 4.98 Å². The molecule has 1 aromatic heterocycles. The number of amides is 2. The van der Waals surface area contributed by atoms with Crippen LogP contribution >= 0.6 is 0 Å². The second kappa shape index (κ2) is 8.17. The van der Waals surface area contributed by atoms with Gasteiger partial charge in [-0.25, -0.2) is 0 Å². The Bertz CT molecular complexity index is 804. The molecular formula is C18H22N4O5. The molecule has 1 saturated heterocycles. The summed E-state index contributed by atoms with van der Waals surface area (Å²) in [4.78, 5) is 32.5. The van der Waals surface area contributed by atoms with Crippen molar-refractivity contribution in [1.82, 2.24) is 19.9 Å². The number of piperazine rings is 1. The summed E-state index contributed by atoms with van der Waals surface area (Å²) in [6, 6.07) is 6.80. The lowest BCUT2D eigenvalue weighted by Gasteiger charge is -2.38.